The largest absolute Gasteiger partial charge is 0.378 e. The number of ether oxygens (including phenoxy) is 1. The van der Waals surface area contributed by atoms with Crippen molar-refractivity contribution in [2.45, 2.75) is 53.1 Å². The average Bonchev–Trinajstić information content (AvgIpc) is 2.25. The lowest BCUT2D eigenvalue weighted by Crippen LogP contribution is -2.38. The molecule has 0 aromatic heterocycles. The molecule has 0 radical (unpaired) electrons. The van der Waals surface area contributed by atoms with Gasteiger partial charge in [-0.05, 0) is 56.8 Å². The van der Waals surface area contributed by atoms with E-state index in [0.29, 0.717) is 6.10 Å². The van der Waals surface area contributed by atoms with Gasteiger partial charge in [-0.1, -0.05) is 25.5 Å². The van der Waals surface area contributed by atoms with Crippen LogP contribution in [0.15, 0.2) is 11.6 Å². The molecule has 92 valence electrons. The summed E-state index contributed by atoms with van der Waals surface area (Å²) < 4.78 is 5.76. The van der Waals surface area contributed by atoms with Gasteiger partial charge in [0.25, 0.3) is 0 Å². The van der Waals surface area contributed by atoms with Crippen molar-refractivity contribution in [3.63, 3.8) is 0 Å². The molecule has 0 aromatic rings. The molecule has 5 atom stereocenters. The van der Waals surface area contributed by atoms with Gasteiger partial charge in [0.05, 0.1) is 6.10 Å². The Labute approximate surface area is 100 Å². The number of hydrogen-bond donors (Lipinski definition) is 0. The summed E-state index contributed by atoms with van der Waals surface area (Å²) in [5.41, 5.74) is 1.61. The summed E-state index contributed by atoms with van der Waals surface area (Å²) in [5, 5.41) is 0. The lowest BCUT2D eigenvalue weighted by Gasteiger charge is -2.42. The van der Waals surface area contributed by atoms with Crippen molar-refractivity contribution in [2.24, 2.45) is 23.7 Å². The van der Waals surface area contributed by atoms with Crippen LogP contribution in [0.2, 0.25) is 0 Å². The molecular weight excluding hydrogens is 196 g/mol. The SMILES string of the molecule is CC1=CCC(C)C(C2CC(C)OCC2C)C1. The smallest absolute Gasteiger partial charge is 0.0550 e. The van der Waals surface area contributed by atoms with Gasteiger partial charge in [-0.25, -0.2) is 0 Å². The van der Waals surface area contributed by atoms with Crippen LogP contribution in [0.25, 0.3) is 0 Å². The minimum absolute atomic E-state index is 0.472. The van der Waals surface area contributed by atoms with Crippen LogP contribution in [0.3, 0.4) is 0 Å². The third kappa shape index (κ3) is 2.51. The number of rotatable bonds is 1. The van der Waals surface area contributed by atoms with Crippen molar-refractivity contribution >= 4 is 0 Å². The van der Waals surface area contributed by atoms with Crippen molar-refractivity contribution in [3.05, 3.63) is 11.6 Å². The summed E-state index contributed by atoms with van der Waals surface area (Å²) >= 11 is 0. The van der Waals surface area contributed by atoms with Gasteiger partial charge in [0, 0.05) is 6.61 Å². The molecule has 0 amide bonds. The second kappa shape index (κ2) is 4.91. The lowest BCUT2D eigenvalue weighted by atomic mass is 9.67. The molecule has 16 heavy (non-hydrogen) atoms. The maximum atomic E-state index is 5.76. The standard InChI is InChI=1S/C15H26O/c1-10-5-6-11(2)14(7-10)15-8-13(4)16-9-12(15)3/h5,11-15H,6-9H2,1-4H3. The molecule has 1 heteroatoms. The van der Waals surface area contributed by atoms with E-state index in [1.54, 1.807) is 5.57 Å². The summed E-state index contributed by atoms with van der Waals surface area (Å²) in [6, 6.07) is 0. The quantitative estimate of drug-likeness (QED) is 0.608. The molecule has 1 heterocycles. The summed E-state index contributed by atoms with van der Waals surface area (Å²) in [6.07, 6.45) is 6.79. The van der Waals surface area contributed by atoms with Gasteiger partial charge < -0.3 is 4.74 Å². The first-order valence-electron chi connectivity index (χ1n) is 6.85. The zero-order valence-electron chi connectivity index (χ0n) is 11.2. The Balaban J connectivity index is 2.07. The fourth-order valence-electron chi connectivity index (χ4n) is 3.51. The molecule has 0 spiro atoms. The fourth-order valence-corrected chi connectivity index (χ4v) is 3.51. The topological polar surface area (TPSA) is 9.23 Å². The maximum Gasteiger partial charge on any atom is 0.0550 e. The molecule has 2 aliphatic rings. The Kier molecular flexibility index (Phi) is 3.73. The van der Waals surface area contributed by atoms with Crippen LogP contribution in [-0.2, 0) is 4.74 Å². The minimum atomic E-state index is 0.472. The van der Waals surface area contributed by atoms with Gasteiger partial charge >= 0.3 is 0 Å². The van der Waals surface area contributed by atoms with E-state index in [4.69, 9.17) is 4.74 Å². The zero-order valence-corrected chi connectivity index (χ0v) is 11.2. The first-order chi connectivity index (χ1) is 7.58. The van der Waals surface area contributed by atoms with Gasteiger partial charge in [0.1, 0.15) is 0 Å². The molecule has 1 aliphatic carbocycles. The molecule has 0 saturated carbocycles. The number of hydrogen-bond acceptors (Lipinski definition) is 1. The highest BCUT2D eigenvalue weighted by Gasteiger charge is 2.35. The Bertz CT molecular complexity index is 269. The molecule has 1 fully saturated rings. The molecule has 0 aromatic carbocycles. The van der Waals surface area contributed by atoms with Crippen LogP contribution in [0.4, 0.5) is 0 Å². The predicted octanol–water partition coefficient (Wildman–Crippen LogP) is 4.04. The number of allylic oxidation sites excluding steroid dienone is 2. The molecule has 0 N–H and O–H groups in total. The molecule has 2 rings (SSSR count). The van der Waals surface area contributed by atoms with Gasteiger partial charge in [-0.3, -0.25) is 0 Å². The molecule has 1 aliphatic heterocycles. The van der Waals surface area contributed by atoms with Crippen LogP contribution in [0.5, 0.6) is 0 Å². The summed E-state index contributed by atoms with van der Waals surface area (Å²) in [6.45, 7) is 10.3. The van der Waals surface area contributed by atoms with E-state index in [1.807, 2.05) is 0 Å². The first-order valence-corrected chi connectivity index (χ1v) is 6.85. The fraction of sp³-hybridized carbons (Fsp3) is 0.867. The highest BCUT2D eigenvalue weighted by Crippen LogP contribution is 2.42. The first kappa shape index (κ1) is 12.2. The van der Waals surface area contributed by atoms with E-state index >= 15 is 0 Å². The van der Waals surface area contributed by atoms with Gasteiger partial charge in [0.15, 0.2) is 0 Å². The van der Waals surface area contributed by atoms with E-state index in [-0.39, 0.29) is 0 Å². The Morgan fingerprint density at radius 3 is 2.62 bits per heavy atom. The van der Waals surface area contributed by atoms with E-state index in [1.165, 1.54) is 19.3 Å². The third-order valence-corrected chi connectivity index (χ3v) is 4.66. The lowest BCUT2D eigenvalue weighted by molar-refractivity contribution is -0.0550. The Hall–Kier alpha value is -0.300. The van der Waals surface area contributed by atoms with E-state index in [9.17, 15) is 0 Å². The second-order valence-electron chi connectivity index (χ2n) is 6.15. The van der Waals surface area contributed by atoms with Crippen molar-refractivity contribution in [2.75, 3.05) is 6.61 Å². The van der Waals surface area contributed by atoms with Crippen molar-refractivity contribution < 1.29 is 4.74 Å². The van der Waals surface area contributed by atoms with Crippen LogP contribution >= 0.6 is 0 Å². The van der Waals surface area contributed by atoms with Crippen LogP contribution in [0.1, 0.15) is 47.0 Å². The van der Waals surface area contributed by atoms with E-state index in [0.717, 1.165) is 30.3 Å². The highest BCUT2D eigenvalue weighted by molar-refractivity contribution is 5.06. The zero-order chi connectivity index (χ0) is 11.7. The van der Waals surface area contributed by atoms with E-state index < -0.39 is 0 Å². The summed E-state index contributed by atoms with van der Waals surface area (Å²) in [4.78, 5) is 0. The van der Waals surface area contributed by atoms with Gasteiger partial charge in [-0.2, -0.15) is 0 Å². The molecule has 0 bridgehead atoms. The van der Waals surface area contributed by atoms with Crippen LogP contribution < -0.4 is 0 Å². The molecule has 1 nitrogen and oxygen atoms in total. The van der Waals surface area contributed by atoms with Crippen LogP contribution in [0, 0.1) is 23.7 Å². The van der Waals surface area contributed by atoms with Crippen molar-refractivity contribution in [1.29, 1.82) is 0 Å². The summed E-state index contributed by atoms with van der Waals surface area (Å²) in [7, 11) is 0. The monoisotopic (exact) mass is 222 g/mol. The van der Waals surface area contributed by atoms with Gasteiger partial charge in [0.2, 0.25) is 0 Å². The molecular formula is C15H26O. The predicted molar refractivity (Wildman–Crippen MR) is 68.3 cm³/mol. The molecule has 1 saturated heterocycles. The minimum Gasteiger partial charge on any atom is -0.378 e. The van der Waals surface area contributed by atoms with Gasteiger partial charge in [-0.15, -0.1) is 0 Å². The third-order valence-electron chi connectivity index (χ3n) is 4.66. The Morgan fingerprint density at radius 2 is 1.88 bits per heavy atom. The maximum absolute atomic E-state index is 5.76. The Morgan fingerprint density at radius 1 is 1.12 bits per heavy atom. The van der Waals surface area contributed by atoms with Crippen molar-refractivity contribution in [1.82, 2.24) is 0 Å². The normalized spacial score (nSPS) is 45.2. The second-order valence-corrected chi connectivity index (χ2v) is 6.15. The highest BCUT2D eigenvalue weighted by atomic mass is 16.5. The van der Waals surface area contributed by atoms with Crippen molar-refractivity contribution in [3.8, 4) is 0 Å². The van der Waals surface area contributed by atoms with E-state index in [2.05, 4.69) is 33.8 Å². The van der Waals surface area contributed by atoms with Crippen LogP contribution in [-0.4, -0.2) is 12.7 Å². The average molecular weight is 222 g/mol. The molecule has 5 unspecified atom stereocenters. The summed E-state index contributed by atoms with van der Waals surface area (Å²) in [5.74, 6) is 3.38.